The molecular weight excluding hydrogens is 311 g/mol. The average molecular weight is 325 g/mol. The van der Waals surface area contributed by atoms with Crippen molar-refractivity contribution in [1.29, 1.82) is 0 Å². The molecule has 1 N–H and O–H groups in total. The van der Waals surface area contributed by atoms with Crippen LogP contribution in [0.25, 0.3) is 0 Å². The Balaban J connectivity index is 1.93. The van der Waals surface area contributed by atoms with Crippen LogP contribution >= 0.6 is 23.2 Å². The molecule has 21 heavy (non-hydrogen) atoms. The SMILES string of the molecule is Cc1cc(OCC(=O)Nc2ccc(Cl)nc2)cc(C)c1Cl. The Morgan fingerprint density at radius 3 is 2.48 bits per heavy atom. The van der Waals surface area contributed by atoms with E-state index < -0.39 is 0 Å². The van der Waals surface area contributed by atoms with Crippen LogP contribution < -0.4 is 10.1 Å². The number of amides is 1. The quantitative estimate of drug-likeness (QED) is 0.864. The maximum Gasteiger partial charge on any atom is 0.262 e. The lowest BCUT2D eigenvalue weighted by Gasteiger charge is -2.10. The van der Waals surface area contributed by atoms with Crippen LogP contribution in [0.1, 0.15) is 11.1 Å². The van der Waals surface area contributed by atoms with E-state index in [-0.39, 0.29) is 12.5 Å². The molecule has 110 valence electrons. The number of carbonyl (C=O) groups is 1. The van der Waals surface area contributed by atoms with Gasteiger partial charge in [-0.1, -0.05) is 23.2 Å². The van der Waals surface area contributed by atoms with Crippen molar-refractivity contribution < 1.29 is 9.53 Å². The van der Waals surface area contributed by atoms with Crippen LogP contribution in [0.15, 0.2) is 30.5 Å². The summed E-state index contributed by atoms with van der Waals surface area (Å²) < 4.78 is 5.46. The summed E-state index contributed by atoms with van der Waals surface area (Å²) in [6.45, 7) is 3.69. The highest BCUT2D eigenvalue weighted by atomic mass is 35.5. The molecule has 0 aliphatic carbocycles. The van der Waals surface area contributed by atoms with E-state index in [0.29, 0.717) is 21.6 Å². The van der Waals surface area contributed by atoms with Crippen molar-refractivity contribution in [1.82, 2.24) is 4.98 Å². The van der Waals surface area contributed by atoms with Gasteiger partial charge in [-0.05, 0) is 49.2 Å². The van der Waals surface area contributed by atoms with Crippen molar-refractivity contribution in [2.24, 2.45) is 0 Å². The second-order valence-corrected chi connectivity index (χ2v) is 5.34. The number of carbonyl (C=O) groups excluding carboxylic acids is 1. The predicted octanol–water partition coefficient (Wildman–Crippen LogP) is 4.02. The first kappa shape index (κ1) is 15.6. The first-order valence-electron chi connectivity index (χ1n) is 6.26. The Kier molecular flexibility index (Phi) is 5.04. The van der Waals surface area contributed by atoms with Gasteiger partial charge in [0.1, 0.15) is 10.9 Å². The molecule has 1 heterocycles. The van der Waals surface area contributed by atoms with Crippen molar-refractivity contribution >= 4 is 34.8 Å². The molecule has 6 heteroatoms. The highest BCUT2D eigenvalue weighted by Gasteiger charge is 2.07. The molecule has 0 unspecified atom stereocenters. The summed E-state index contributed by atoms with van der Waals surface area (Å²) in [5.41, 5.74) is 2.39. The van der Waals surface area contributed by atoms with E-state index in [1.807, 2.05) is 13.8 Å². The number of rotatable bonds is 4. The minimum absolute atomic E-state index is 0.0941. The van der Waals surface area contributed by atoms with Gasteiger partial charge in [-0.2, -0.15) is 0 Å². The number of halogens is 2. The Morgan fingerprint density at radius 1 is 1.24 bits per heavy atom. The molecule has 2 aromatic rings. The van der Waals surface area contributed by atoms with E-state index in [2.05, 4.69) is 10.3 Å². The van der Waals surface area contributed by atoms with Gasteiger partial charge >= 0.3 is 0 Å². The van der Waals surface area contributed by atoms with Gasteiger partial charge in [0.2, 0.25) is 0 Å². The van der Waals surface area contributed by atoms with Gasteiger partial charge in [-0.15, -0.1) is 0 Å². The molecule has 0 bridgehead atoms. The highest BCUT2D eigenvalue weighted by Crippen LogP contribution is 2.25. The highest BCUT2D eigenvalue weighted by molar-refractivity contribution is 6.32. The van der Waals surface area contributed by atoms with Crippen molar-refractivity contribution in [3.8, 4) is 5.75 Å². The second kappa shape index (κ2) is 6.78. The van der Waals surface area contributed by atoms with E-state index in [1.54, 1.807) is 24.3 Å². The minimum atomic E-state index is -0.274. The van der Waals surface area contributed by atoms with E-state index >= 15 is 0 Å². The summed E-state index contributed by atoms with van der Waals surface area (Å²) in [6, 6.07) is 6.87. The van der Waals surface area contributed by atoms with Crippen LogP contribution in [-0.4, -0.2) is 17.5 Å². The Bertz CT molecular complexity index is 634. The Hall–Kier alpha value is -1.78. The molecule has 1 aromatic carbocycles. The smallest absolute Gasteiger partial charge is 0.262 e. The summed E-state index contributed by atoms with van der Waals surface area (Å²) in [5.74, 6) is 0.336. The third-order valence-corrected chi connectivity index (χ3v) is 3.61. The maximum absolute atomic E-state index is 11.8. The average Bonchev–Trinajstić information content (AvgIpc) is 2.45. The van der Waals surface area contributed by atoms with Gasteiger partial charge in [-0.25, -0.2) is 4.98 Å². The Morgan fingerprint density at radius 2 is 1.90 bits per heavy atom. The molecule has 0 radical (unpaired) electrons. The lowest BCUT2D eigenvalue weighted by atomic mass is 10.1. The van der Waals surface area contributed by atoms with Crippen molar-refractivity contribution in [2.75, 3.05) is 11.9 Å². The number of hydrogen-bond donors (Lipinski definition) is 1. The van der Waals surface area contributed by atoms with Crippen molar-refractivity contribution in [3.63, 3.8) is 0 Å². The molecule has 0 spiro atoms. The first-order valence-corrected chi connectivity index (χ1v) is 7.02. The van der Waals surface area contributed by atoms with Crippen molar-refractivity contribution in [3.05, 3.63) is 51.8 Å². The van der Waals surface area contributed by atoms with E-state index in [0.717, 1.165) is 11.1 Å². The number of hydrogen-bond acceptors (Lipinski definition) is 3. The van der Waals surface area contributed by atoms with Crippen LogP contribution in [0, 0.1) is 13.8 Å². The zero-order valence-electron chi connectivity index (χ0n) is 11.6. The number of aromatic nitrogens is 1. The molecule has 0 aliphatic heterocycles. The number of pyridine rings is 1. The summed E-state index contributed by atoms with van der Waals surface area (Å²) >= 11 is 11.8. The zero-order chi connectivity index (χ0) is 15.4. The summed E-state index contributed by atoms with van der Waals surface area (Å²) in [5, 5.41) is 3.75. The van der Waals surface area contributed by atoms with E-state index in [4.69, 9.17) is 27.9 Å². The topological polar surface area (TPSA) is 51.2 Å². The largest absolute Gasteiger partial charge is 0.484 e. The molecule has 2 rings (SSSR count). The fourth-order valence-corrected chi connectivity index (χ4v) is 2.01. The number of aryl methyl sites for hydroxylation is 2. The minimum Gasteiger partial charge on any atom is -0.484 e. The second-order valence-electron chi connectivity index (χ2n) is 4.58. The third kappa shape index (κ3) is 4.34. The number of ether oxygens (including phenoxy) is 1. The number of anilines is 1. The molecule has 0 saturated heterocycles. The standard InChI is InChI=1S/C15H14Cl2N2O2/c1-9-5-12(6-10(2)15(9)17)21-8-14(20)19-11-3-4-13(16)18-7-11/h3-7H,8H2,1-2H3,(H,19,20). The normalized spacial score (nSPS) is 10.3. The molecule has 0 saturated carbocycles. The summed E-state index contributed by atoms with van der Waals surface area (Å²) in [7, 11) is 0. The molecule has 0 aliphatic rings. The van der Waals surface area contributed by atoms with Gasteiger partial charge in [0.05, 0.1) is 11.9 Å². The van der Waals surface area contributed by atoms with Crippen LogP contribution in [0.5, 0.6) is 5.75 Å². The lowest BCUT2D eigenvalue weighted by Crippen LogP contribution is -2.20. The molecule has 1 amide bonds. The third-order valence-electron chi connectivity index (χ3n) is 2.79. The van der Waals surface area contributed by atoms with Gasteiger partial charge in [-0.3, -0.25) is 4.79 Å². The van der Waals surface area contributed by atoms with Gasteiger partial charge < -0.3 is 10.1 Å². The van der Waals surface area contributed by atoms with Gasteiger partial charge in [0.15, 0.2) is 6.61 Å². The maximum atomic E-state index is 11.8. The fraction of sp³-hybridized carbons (Fsp3) is 0.200. The lowest BCUT2D eigenvalue weighted by molar-refractivity contribution is -0.118. The van der Waals surface area contributed by atoms with Gasteiger partial charge in [0.25, 0.3) is 5.91 Å². The molecule has 0 atom stereocenters. The van der Waals surface area contributed by atoms with Crippen molar-refractivity contribution in [2.45, 2.75) is 13.8 Å². The number of benzene rings is 1. The van der Waals surface area contributed by atoms with Crippen LogP contribution in [-0.2, 0) is 4.79 Å². The molecule has 1 aromatic heterocycles. The predicted molar refractivity (Wildman–Crippen MR) is 84.3 cm³/mol. The first-order chi connectivity index (χ1) is 9.95. The molecule has 4 nitrogen and oxygen atoms in total. The summed E-state index contributed by atoms with van der Waals surface area (Å²) in [4.78, 5) is 15.7. The Labute approximate surface area is 133 Å². The van der Waals surface area contributed by atoms with E-state index in [1.165, 1.54) is 6.20 Å². The van der Waals surface area contributed by atoms with E-state index in [9.17, 15) is 4.79 Å². The van der Waals surface area contributed by atoms with Crippen LogP contribution in [0.4, 0.5) is 5.69 Å². The fourth-order valence-electron chi connectivity index (χ4n) is 1.79. The molecular formula is C15H14Cl2N2O2. The van der Waals surface area contributed by atoms with Crippen LogP contribution in [0.2, 0.25) is 10.2 Å². The zero-order valence-corrected chi connectivity index (χ0v) is 13.1. The monoisotopic (exact) mass is 324 g/mol. The molecule has 0 fully saturated rings. The summed E-state index contributed by atoms with van der Waals surface area (Å²) in [6.07, 6.45) is 1.48. The van der Waals surface area contributed by atoms with Gasteiger partial charge in [0, 0.05) is 5.02 Å². The number of nitrogens with zero attached hydrogens (tertiary/aromatic N) is 1. The van der Waals surface area contributed by atoms with Crippen LogP contribution in [0.3, 0.4) is 0 Å². The number of nitrogens with one attached hydrogen (secondary N) is 1.